The van der Waals surface area contributed by atoms with Gasteiger partial charge in [0, 0.05) is 12.5 Å². The molecule has 1 aromatic heterocycles. The number of hydrogen-bond donors (Lipinski definition) is 1. The molecular weight excluding hydrogens is 461 g/mol. The maximum atomic E-state index is 13.5. The van der Waals surface area contributed by atoms with Gasteiger partial charge in [0.2, 0.25) is 0 Å². The van der Waals surface area contributed by atoms with Crippen molar-refractivity contribution in [1.29, 1.82) is 5.26 Å². The Balaban J connectivity index is 1.69. The van der Waals surface area contributed by atoms with Crippen LogP contribution in [0.5, 0.6) is 0 Å². The van der Waals surface area contributed by atoms with Gasteiger partial charge < -0.3 is 4.74 Å². The van der Waals surface area contributed by atoms with Crippen LogP contribution in [0.3, 0.4) is 0 Å². The molecule has 1 aliphatic heterocycles. The fraction of sp³-hybridized carbons (Fsp3) is 0.571. The number of thiol groups is 1. The summed E-state index contributed by atoms with van der Waals surface area (Å²) < 4.78 is 45.2. The van der Waals surface area contributed by atoms with Crippen molar-refractivity contribution in [2.45, 2.75) is 61.8 Å². The Bertz CT molecular complexity index is 1050. The van der Waals surface area contributed by atoms with Gasteiger partial charge in [-0.1, -0.05) is 0 Å². The lowest BCUT2D eigenvalue weighted by Crippen LogP contribution is -2.65. The lowest BCUT2D eigenvalue weighted by molar-refractivity contribution is -0.153. The summed E-state index contributed by atoms with van der Waals surface area (Å²) in [7, 11) is 1.32. The van der Waals surface area contributed by atoms with Crippen LogP contribution in [-0.2, 0) is 25.3 Å². The van der Waals surface area contributed by atoms with E-state index in [1.54, 1.807) is 4.90 Å². The number of alkyl halides is 3. The Kier molecular flexibility index (Phi) is 5.90. The summed E-state index contributed by atoms with van der Waals surface area (Å²) in [5.41, 5.74) is -4.74. The number of anilines is 1. The number of ether oxygens (including phenoxy) is 1. The molecule has 33 heavy (non-hydrogen) atoms. The Hall–Kier alpha value is -2.65. The van der Waals surface area contributed by atoms with E-state index >= 15 is 0 Å². The van der Waals surface area contributed by atoms with E-state index in [1.807, 2.05) is 0 Å². The molecule has 1 amide bonds. The second-order valence-corrected chi connectivity index (χ2v) is 8.90. The summed E-state index contributed by atoms with van der Waals surface area (Å²) in [5.74, 6) is -1.54. The smallest absolute Gasteiger partial charge is 0.419 e. The average Bonchev–Trinajstić information content (AvgIpc) is 3.04. The van der Waals surface area contributed by atoms with Gasteiger partial charge in [0.05, 0.1) is 30.5 Å². The number of esters is 1. The minimum Gasteiger partial charge on any atom is -0.469 e. The van der Waals surface area contributed by atoms with Crippen LogP contribution in [0.2, 0.25) is 0 Å². The van der Waals surface area contributed by atoms with Crippen molar-refractivity contribution in [2.24, 2.45) is 5.92 Å². The third-order valence-electron chi connectivity index (χ3n) is 6.86. The summed E-state index contributed by atoms with van der Waals surface area (Å²) in [4.78, 5) is 44.4. The number of Topliss-reactive ketones (excluding diaryl/α,β-unsaturated/α-hetero) is 1. The highest BCUT2D eigenvalue weighted by atomic mass is 32.1. The largest absolute Gasteiger partial charge is 0.469 e. The zero-order valence-electron chi connectivity index (χ0n) is 17.6. The topological polar surface area (TPSA) is 104 Å². The lowest BCUT2D eigenvalue weighted by atomic mass is 9.72. The van der Waals surface area contributed by atoms with Crippen molar-refractivity contribution in [2.75, 3.05) is 12.0 Å². The van der Waals surface area contributed by atoms with Crippen molar-refractivity contribution in [1.82, 2.24) is 9.88 Å². The van der Waals surface area contributed by atoms with Crippen LogP contribution in [0.4, 0.5) is 18.9 Å². The van der Waals surface area contributed by atoms with Crippen molar-refractivity contribution in [3.05, 3.63) is 23.5 Å². The monoisotopic (exact) mass is 482 g/mol. The Morgan fingerprint density at radius 2 is 1.97 bits per heavy atom. The van der Waals surface area contributed by atoms with E-state index in [1.165, 1.54) is 13.2 Å². The molecule has 8 nitrogen and oxygen atoms in total. The van der Waals surface area contributed by atoms with Crippen LogP contribution >= 0.6 is 12.6 Å². The zero-order chi connectivity index (χ0) is 24.1. The summed E-state index contributed by atoms with van der Waals surface area (Å²) >= 11 is 4.56. The number of ketones is 1. The lowest BCUT2D eigenvalue weighted by Gasteiger charge is -2.47. The van der Waals surface area contributed by atoms with Gasteiger partial charge in [-0.05, 0) is 38.2 Å². The number of hydrogen-bond acceptors (Lipinski definition) is 8. The van der Waals surface area contributed by atoms with E-state index in [4.69, 9.17) is 10.00 Å². The molecule has 2 heterocycles. The molecule has 1 saturated heterocycles. The second-order valence-electron chi connectivity index (χ2n) is 8.44. The van der Waals surface area contributed by atoms with E-state index in [0.29, 0.717) is 31.7 Å². The SMILES string of the molecule is COC(=O)C1CCC(N2C(S)N(c3cnc(C#N)c(C(F)(F)F)c3)C(=O)C23CCC3=O)CC1. The minimum absolute atomic E-state index is 0.184. The maximum Gasteiger partial charge on any atom is 0.419 e. The first kappa shape index (κ1) is 23.5. The first-order chi connectivity index (χ1) is 15.6. The Morgan fingerprint density at radius 1 is 1.30 bits per heavy atom. The number of rotatable bonds is 3. The molecule has 2 unspecified atom stereocenters. The van der Waals surface area contributed by atoms with Crippen LogP contribution in [0.1, 0.15) is 49.8 Å². The van der Waals surface area contributed by atoms with E-state index in [-0.39, 0.29) is 42.2 Å². The van der Waals surface area contributed by atoms with E-state index in [0.717, 1.165) is 11.1 Å². The fourth-order valence-corrected chi connectivity index (χ4v) is 5.72. The van der Waals surface area contributed by atoms with Crippen molar-refractivity contribution in [3.63, 3.8) is 0 Å². The summed E-state index contributed by atoms with van der Waals surface area (Å²) in [5, 5.41) is 9.00. The molecule has 12 heteroatoms. The number of carbonyl (C=O) groups is 3. The van der Waals surface area contributed by atoms with Gasteiger partial charge in [-0.3, -0.25) is 24.2 Å². The molecule has 0 aromatic carbocycles. The van der Waals surface area contributed by atoms with Gasteiger partial charge in [0.15, 0.2) is 17.0 Å². The van der Waals surface area contributed by atoms with Crippen LogP contribution < -0.4 is 4.90 Å². The van der Waals surface area contributed by atoms with Crippen LogP contribution in [0.15, 0.2) is 12.3 Å². The van der Waals surface area contributed by atoms with Gasteiger partial charge in [0.25, 0.3) is 5.91 Å². The number of nitriles is 1. The number of aromatic nitrogens is 1. The van der Waals surface area contributed by atoms with Crippen LogP contribution in [0, 0.1) is 17.2 Å². The number of amides is 1. The molecule has 2 saturated carbocycles. The highest BCUT2D eigenvalue weighted by Gasteiger charge is 2.67. The van der Waals surface area contributed by atoms with Gasteiger partial charge >= 0.3 is 12.1 Å². The molecule has 0 radical (unpaired) electrons. The van der Waals surface area contributed by atoms with Gasteiger partial charge in [-0.25, -0.2) is 4.98 Å². The number of carbonyl (C=O) groups excluding carboxylic acids is 3. The minimum atomic E-state index is -4.85. The molecule has 0 N–H and O–H groups in total. The zero-order valence-corrected chi connectivity index (χ0v) is 18.5. The summed E-state index contributed by atoms with van der Waals surface area (Å²) in [6, 6.07) is 1.84. The maximum absolute atomic E-state index is 13.5. The number of methoxy groups -OCH3 is 1. The molecule has 1 aromatic rings. The van der Waals surface area contributed by atoms with E-state index in [2.05, 4.69) is 17.6 Å². The molecule has 1 spiro atoms. The molecule has 2 aliphatic carbocycles. The highest BCUT2D eigenvalue weighted by Crippen LogP contribution is 2.49. The van der Waals surface area contributed by atoms with E-state index in [9.17, 15) is 27.6 Å². The molecule has 0 bridgehead atoms. The van der Waals surface area contributed by atoms with Crippen molar-refractivity contribution < 1.29 is 32.3 Å². The number of nitrogens with zero attached hydrogens (tertiary/aromatic N) is 4. The second kappa shape index (κ2) is 8.29. The first-order valence-corrected chi connectivity index (χ1v) is 11.0. The predicted octanol–water partition coefficient (Wildman–Crippen LogP) is 2.67. The molecule has 4 rings (SSSR count). The molecular formula is C21H21F3N4O4S. The molecule has 3 fully saturated rings. The Morgan fingerprint density at radius 3 is 2.45 bits per heavy atom. The predicted molar refractivity (Wildman–Crippen MR) is 111 cm³/mol. The van der Waals surface area contributed by atoms with Crippen LogP contribution in [0.25, 0.3) is 0 Å². The van der Waals surface area contributed by atoms with Crippen LogP contribution in [-0.4, -0.2) is 51.7 Å². The Labute approximate surface area is 193 Å². The quantitative estimate of drug-likeness (QED) is 0.401. The average molecular weight is 482 g/mol. The highest BCUT2D eigenvalue weighted by molar-refractivity contribution is 7.81. The third-order valence-corrected chi connectivity index (χ3v) is 7.34. The summed E-state index contributed by atoms with van der Waals surface area (Å²) in [6.07, 6.45) is -1.38. The van der Waals surface area contributed by atoms with Gasteiger partial charge in [-0.2, -0.15) is 18.4 Å². The third kappa shape index (κ3) is 3.58. The van der Waals surface area contributed by atoms with Gasteiger partial charge in [0.1, 0.15) is 11.6 Å². The standard InChI is InChI=1S/C21H21F3N4O4S/c1-32-17(30)11-2-4-12(5-3-11)28-19(33)27(18(31)20(28)7-6-16(20)29)13-8-14(21(22,23)24)15(9-25)26-10-13/h8,10-12,19,33H,2-7H2,1H3. The molecule has 3 aliphatic rings. The number of pyridine rings is 1. The first-order valence-electron chi connectivity index (χ1n) is 10.4. The van der Waals surface area contributed by atoms with Crippen molar-refractivity contribution in [3.8, 4) is 6.07 Å². The number of halogens is 3. The summed E-state index contributed by atoms with van der Waals surface area (Å²) in [6.45, 7) is 0. The normalized spacial score (nSPS) is 30.3. The van der Waals surface area contributed by atoms with Crippen molar-refractivity contribution >= 4 is 36.0 Å². The van der Waals surface area contributed by atoms with Gasteiger partial charge in [-0.15, -0.1) is 12.6 Å². The molecule has 2 atom stereocenters. The molecule has 176 valence electrons. The van der Waals surface area contributed by atoms with E-state index < -0.39 is 34.4 Å². The fourth-order valence-electron chi connectivity index (χ4n) is 5.10.